The monoisotopic (exact) mass is 652 g/mol. The van der Waals surface area contributed by atoms with E-state index in [1.165, 1.54) is 12.1 Å². The second-order valence-electron chi connectivity index (χ2n) is 11.7. The van der Waals surface area contributed by atoms with Gasteiger partial charge in [-0.1, -0.05) is 54.6 Å². The SMILES string of the molecule is CC1(C)CC[C@@H](c2cc(F)cc(CI)c2)N(CC(=O)Nc2ccc3c(c2)C[C@@]2(C3)C(=O)Nc3ncccc32)C1=O. The molecular weight excluding hydrogens is 622 g/mol. The predicted octanol–water partition coefficient (Wildman–Crippen LogP) is 5.47. The summed E-state index contributed by atoms with van der Waals surface area (Å²) in [5.41, 5.74) is 3.86. The summed E-state index contributed by atoms with van der Waals surface area (Å²) in [4.78, 5) is 45.7. The zero-order chi connectivity index (χ0) is 28.2. The summed E-state index contributed by atoms with van der Waals surface area (Å²) in [7, 11) is 0. The van der Waals surface area contributed by atoms with Crippen LogP contribution in [0.1, 0.15) is 60.5 Å². The van der Waals surface area contributed by atoms with E-state index in [4.69, 9.17) is 0 Å². The predicted molar refractivity (Wildman–Crippen MR) is 159 cm³/mol. The normalized spacial score (nSPS) is 22.7. The lowest BCUT2D eigenvalue weighted by Crippen LogP contribution is -2.50. The summed E-state index contributed by atoms with van der Waals surface area (Å²) in [5, 5.41) is 5.88. The van der Waals surface area contributed by atoms with E-state index in [1.807, 2.05) is 50.2 Å². The van der Waals surface area contributed by atoms with E-state index in [1.54, 1.807) is 11.1 Å². The molecule has 3 amide bonds. The fraction of sp³-hybridized carbons (Fsp3) is 0.355. The highest BCUT2D eigenvalue weighted by Crippen LogP contribution is 2.47. The zero-order valence-electron chi connectivity index (χ0n) is 22.4. The summed E-state index contributed by atoms with van der Waals surface area (Å²) in [6.07, 6.45) is 4.07. The van der Waals surface area contributed by atoms with Crippen LogP contribution in [0, 0.1) is 11.2 Å². The standard InChI is InChI=1S/C31H30FIN4O3/c1-30(2)8-7-25(20-10-18(16-33)11-22(32)12-20)37(29(30)40)17-26(38)35-23-6-5-19-14-31(15-21(19)13-23)24-4-3-9-34-27(24)36-28(31)39/h3-6,9-13,25H,7-8,14-17H2,1-2H3,(H,35,38)(H,34,36,39)/t25-,31+/m0/s1. The average Bonchev–Trinajstić information content (AvgIpc) is 3.43. The van der Waals surface area contributed by atoms with Crippen LogP contribution in [0.3, 0.4) is 0 Å². The van der Waals surface area contributed by atoms with Crippen molar-refractivity contribution in [3.8, 4) is 0 Å². The minimum Gasteiger partial charge on any atom is -0.326 e. The van der Waals surface area contributed by atoms with E-state index in [-0.39, 0.29) is 36.1 Å². The van der Waals surface area contributed by atoms with Gasteiger partial charge >= 0.3 is 0 Å². The number of anilines is 2. The maximum atomic E-state index is 14.4. The lowest BCUT2D eigenvalue weighted by molar-refractivity contribution is -0.150. The third-order valence-corrected chi connectivity index (χ3v) is 9.44. The number of pyridine rings is 1. The highest BCUT2D eigenvalue weighted by atomic mass is 127. The number of piperidine rings is 1. The number of halogens is 2. The second-order valence-corrected chi connectivity index (χ2v) is 12.5. The number of amides is 3. The topological polar surface area (TPSA) is 91.4 Å². The number of carbonyl (C=O) groups is 3. The molecule has 1 aromatic heterocycles. The first-order chi connectivity index (χ1) is 19.1. The first kappa shape index (κ1) is 26.9. The number of benzene rings is 2. The summed E-state index contributed by atoms with van der Waals surface area (Å²) in [6, 6.07) is 14.0. The van der Waals surface area contributed by atoms with Crippen LogP contribution in [-0.2, 0) is 37.1 Å². The van der Waals surface area contributed by atoms with Crippen molar-refractivity contribution < 1.29 is 18.8 Å². The van der Waals surface area contributed by atoms with Gasteiger partial charge in [0.15, 0.2) is 0 Å². The molecule has 2 atom stereocenters. The average molecular weight is 653 g/mol. The first-order valence-electron chi connectivity index (χ1n) is 13.4. The molecule has 3 aromatic rings. The van der Waals surface area contributed by atoms with Crippen LogP contribution in [0.25, 0.3) is 0 Å². The minimum atomic E-state index is -0.685. The molecule has 7 nitrogen and oxygen atoms in total. The number of hydrogen-bond donors (Lipinski definition) is 2. The van der Waals surface area contributed by atoms with Gasteiger partial charge < -0.3 is 15.5 Å². The number of aromatic nitrogens is 1. The number of fused-ring (bicyclic) bond motifs is 3. The lowest BCUT2D eigenvalue weighted by atomic mass is 9.78. The van der Waals surface area contributed by atoms with E-state index in [9.17, 15) is 18.8 Å². The summed E-state index contributed by atoms with van der Waals surface area (Å²) >= 11 is 2.19. The highest BCUT2D eigenvalue weighted by molar-refractivity contribution is 14.1. The Morgan fingerprint density at radius 1 is 1.15 bits per heavy atom. The second kappa shape index (κ2) is 9.94. The highest BCUT2D eigenvalue weighted by Gasteiger charge is 2.51. The smallest absolute Gasteiger partial charge is 0.244 e. The number of nitrogens with zero attached hydrogens (tertiary/aromatic N) is 2. The van der Waals surface area contributed by atoms with Crippen LogP contribution < -0.4 is 10.6 Å². The van der Waals surface area contributed by atoms with Crippen LogP contribution in [0.4, 0.5) is 15.9 Å². The van der Waals surface area contributed by atoms with Gasteiger partial charge in [-0.05, 0) is 78.3 Å². The molecule has 0 radical (unpaired) electrons. The maximum absolute atomic E-state index is 14.4. The number of rotatable bonds is 5. The van der Waals surface area contributed by atoms with Crippen molar-refractivity contribution >= 4 is 51.8 Å². The molecule has 2 aromatic carbocycles. The van der Waals surface area contributed by atoms with Gasteiger partial charge in [-0.3, -0.25) is 14.4 Å². The molecule has 1 spiro atoms. The minimum absolute atomic E-state index is 0.0525. The molecule has 0 unspecified atom stereocenters. The maximum Gasteiger partial charge on any atom is 0.244 e. The fourth-order valence-corrected chi connectivity index (χ4v) is 6.90. The van der Waals surface area contributed by atoms with Gasteiger partial charge in [0.05, 0.1) is 11.5 Å². The fourth-order valence-electron chi connectivity index (χ4n) is 6.46. The van der Waals surface area contributed by atoms with Crippen LogP contribution in [0.2, 0.25) is 0 Å². The number of nitrogens with one attached hydrogen (secondary N) is 2. The molecule has 0 bridgehead atoms. The molecule has 40 heavy (non-hydrogen) atoms. The van der Waals surface area contributed by atoms with Crippen LogP contribution in [-0.4, -0.2) is 34.2 Å². The third-order valence-electron chi connectivity index (χ3n) is 8.56. The molecule has 1 saturated heterocycles. The molecule has 0 saturated carbocycles. The Hall–Kier alpha value is -3.34. The van der Waals surface area contributed by atoms with Crippen LogP contribution >= 0.6 is 22.6 Å². The summed E-state index contributed by atoms with van der Waals surface area (Å²) < 4.78 is 15.1. The molecule has 3 heterocycles. The summed E-state index contributed by atoms with van der Waals surface area (Å²) in [5.74, 6) is -0.210. The lowest BCUT2D eigenvalue weighted by Gasteiger charge is -2.43. The Morgan fingerprint density at radius 2 is 1.95 bits per heavy atom. The Bertz CT molecular complexity index is 1560. The van der Waals surface area contributed by atoms with Gasteiger partial charge in [-0.2, -0.15) is 0 Å². The third kappa shape index (κ3) is 4.57. The van der Waals surface area contributed by atoms with E-state index in [0.29, 0.717) is 41.6 Å². The molecule has 3 aliphatic rings. The molecule has 2 N–H and O–H groups in total. The van der Waals surface area contributed by atoms with Crippen LogP contribution in [0.15, 0.2) is 54.7 Å². The van der Waals surface area contributed by atoms with Gasteiger partial charge in [-0.15, -0.1) is 0 Å². The Balaban J connectivity index is 1.22. The quantitative estimate of drug-likeness (QED) is 0.283. The van der Waals surface area contributed by atoms with Crippen LogP contribution in [0.5, 0.6) is 0 Å². The van der Waals surface area contributed by atoms with Crippen molar-refractivity contribution in [1.82, 2.24) is 9.88 Å². The van der Waals surface area contributed by atoms with Crippen molar-refractivity contribution in [2.75, 3.05) is 17.2 Å². The number of hydrogen-bond acceptors (Lipinski definition) is 4. The van der Waals surface area contributed by atoms with E-state index in [2.05, 4.69) is 38.2 Å². The number of carbonyl (C=O) groups excluding carboxylic acids is 3. The van der Waals surface area contributed by atoms with Gasteiger partial charge in [0.2, 0.25) is 17.7 Å². The number of alkyl halides is 1. The van der Waals surface area contributed by atoms with Crippen molar-refractivity contribution in [2.45, 2.75) is 55.4 Å². The number of likely N-dealkylation sites (tertiary alicyclic amines) is 1. The van der Waals surface area contributed by atoms with Gasteiger partial charge in [0.1, 0.15) is 18.2 Å². The summed E-state index contributed by atoms with van der Waals surface area (Å²) in [6.45, 7) is 3.65. The van der Waals surface area contributed by atoms with Gasteiger partial charge in [0.25, 0.3) is 0 Å². The van der Waals surface area contributed by atoms with Crippen molar-refractivity contribution in [3.63, 3.8) is 0 Å². The van der Waals surface area contributed by atoms with E-state index < -0.39 is 10.8 Å². The van der Waals surface area contributed by atoms with E-state index >= 15 is 0 Å². The molecule has 206 valence electrons. The Kier molecular flexibility index (Phi) is 6.67. The van der Waals surface area contributed by atoms with Gasteiger partial charge in [0, 0.05) is 27.3 Å². The van der Waals surface area contributed by atoms with Gasteiger partial charge in [-0.25, -0.2) is 9.37 Å². The first-order valence-corrected chi connectivity index (χ1v) is 15.0. The van der Waals surface area contributed by atoms with E-state index in [0.717, 1.165) is 27.8 Å². The molecule has 1 fully saturated rings. The molecule has 1 aliphatic carbocycles. The Labute approximate surface area is 246 Å². The largest absolute Gasteiger partial charge is 0.326 e. The van der Waals surface area contributed by atoms with Crippen molar-refractivity contribution in [2.24, 2.45) is 5.41 Å². The van der Waals surface area contributed by atoms with Crippen molar-refractivity contribution in [1.29, 1.82) is 0 Å². The Morgan fingerprint density at radius 3 is 2.75 bits per heavy atom. The van der Waals surface area contributed by atoms with Crippen molar-refractivity contribution in [3.05, 3.63) is 88.4 Å². The molecule has 9 heteroatoms. The zero-order valence-corrected chi connectivity index (χ0v) is 24.5. The molecule has 6 rings (SSSR count). The molecular formula is C31H30FIN4O3. The molecule has 2 aliphatic heterocycles.